The summed E-state index contributed by atoms with van der Waals surface area (Å²) in [7, 11) is -3.51. The predicted octanol–water partition coefficient (Wildman–Crippen LogP) is 4.05. The second-order valence-electron chi connectivity index (χ2n) is 7.62. The first kappa shape index (κ1) is 18.1. The largest absolute Gasteiger partial charge is 0.297 e. The molecule has 1 fully saturated rings. The Labute approximate surface area is 170 Å². The molecular weight excluding hydrogens is 388 g/mol. The van der Waals surface area contributed by atoms with Gasteiger partial charge >= 0.3 is 0 Å². The second-order valence-corrected chi connectivity index (χ2v) is 10.2. The third-order valence-electron chi connectivity index (χ3n) is 5.92. The Morgan fingerprint density at radius 1 is 0.929 bits per heavy atom. The van der Waals surface area contributed by atoms with Crippen molar-refractivity contribution in [1.29, 1.82) is 0 Å². The lowest BCUT2D eigenvalue weighted by atomic mass is 9.88. The number of likely N-dealkylation sites (tertiary alicyclic amines) is 1. The molecule has 2 aliphatic rings. The normalized spacial score (nSPS) is 24.0. The average molecular weight is 411 g/mol. The Morgan fingerprint density at radius 3 is 2.50 bits per heavy atom. The summed E-state index contributed by atoms with van der Waals surface area (Å²) in [6.45, 7) is 2.90. The summed E-state index contributed by atoms with van der Waals surface area (Å²) in [6.07, 6.45) is 0.820. The van der Waals surface area contributed by atoms with Gasteiger partial charge in [-0.1, -0.05) is 48.5 Å². The molecule has 144 valence electrons. The van der Waals surface area contributed by atoms with E-state index in [-0.39, 0.29) is 0 Å². The molecule has 2 aromatic carbocycles. The lowest BCUT2D eigenvalue weighted by Gasteiger charge is -2.34. The van der Waals surface area contributed by atoms with Gasteiger partial charge < -0.3 is 0 Å². The first-order valence-electron chi connectivity index (χ1n) is 9.49. The molecule has 3 aromatic rings. The average Bonchev–Trinajstić information content (AvgIpc) is 3.41. The Bertz CT molecular complexity index is 1080. The van der Waals surface area contributed by atoms with E-state index < -0.39 is 15.6 Å². The molecule has 0 aliphatic carbocycles. The molecule has 0 amide bonds. The highest BCUT2D eigenvalue weighted by molar-refractivity contribution is 7.89. The van der Waals surface area contributed by atoms with Gasteiger partial charge in [-0.25, -0.2) is 8.42 Å². The van der Waals surface area contributed by atoms with Crippen LogP contribution < -0.4 is 0 Å². The van der Waals surface area contributed by atoms with Crippen LogP contribution in [0.2, 0.25) is 0 Å². The summed E-state index contributed by atoms with van der Waals surface area (Å²) in [5.41, 5.74) is 2.79. The zero-order chi connectivity index (χ0) is 19.2. The molecule has 2 aliphatic heterocycles. The summed E-state index contributed by atoms with van der Waals surface area (Å²) < 4.78 is 28.7. The minimum atomic E-state index is -3.51. The van der Waals surface area contributed by atoms with Crippen molar-refractivity contribution >= 4 is 21.4 Å². The Balaban J connectivity index is 1.55. The van der Waals surface area contributed by atoms with Crippen LogP contribution in [0.15, 0.2) is 76.3 Å². The molecule has 28 heavy (non-hydrogen) atoms. The summed E-state index contributed by atoms with van der Waals surface area (Å²) in [6, 6.07) is 19.6. The molecule has 3 heterocycles. The SMILES string of the molecule is O=S1(=O)c2ccccc2[C@]2(CCN(Cc3ccsc3)C2)N1Cc1ccccc1. The van der Waals surface area contributed by atoms with Crippen molar-refractivity contribution in [3.05, 3.63) is 88.1 Å². The lowest BCUT2D eigenvalue weighted by molar-refractivity contribution is 0.184. The van der Waals surface area contributed by atoms with Gasteiger partial charge in [-0.05, 0) is 46.0 Å². The van der Waals surface area contributed by atoms with E-state index in [0.717, 1.165) is 37.2 Å². The number of hydrogen-bond donors (Lipinski definition) is 0. The molecule has 6 heteroatoms. The number of thiophene rings is 1. The van der Waals surface area contributed by atoms with Crippen molar-refractivity contribution in [3.63, 3.8) is 0 Å². The highest BCUT2D eigenvalue weighted by atomic mass is 32.2. The van der Waals surface area contributed by atoms with E-state index in [2.05, 4.69) is 21.7 Å². The smallest absolute Gasteiger partial charge is 0.244 e. The molecule has 0 unspecified atom stereocenters. The van der Waals surface area contributed by atoms with Crippen molar-refractivity contribution < 1.29 is 8.42 Å². The standard InChI is InChI=1S/C22H22N2O2S2/c25-28(26)21-9-5-4-8-20(21)22(24(28)15-18-6-2-1-3-7-18)11-12-23(17-22)14-19-10-13-27-16-19/h1-10,13,16H,11-12,14-15,17H2/t22-/m1/s1. The van der Waals surface area contributed by atoms with E-state index in [0.29, 0.717) is 11.4 Å². The molecule has 5 rings (SSSR count). The van der Waals surface area contributed by atoms with Crippen molar-refractivity contribution in [2.45, 2.75) is 29.9 Å². The molecule has 1 spiro atoms. The second kappa shape index (κ2) is 6.81. The van der Waals surface area contributed by atoms with Gasteiger partial charge in [0.15, 0.2) is 0 Å². The highest BCUT2D eigenvalue weighted by Gasteiger charge is 2.56. The fourth-order valence-electron chi connectivity index (χ4n) is 4.61. The van der Waals surface area contributed by atoms with Gasteiger partial charge in [0.25, 0.3) is 0 Å². The van der Waals surface area contributed by atoms with E-state index in [1.54, 1.807) is 21.7 Å². The molecule has 0 saturated carbocycles. The van der Waals surface area contributed by atoms with E-state index >= 15 is 0 Å². The Kier molecular flexibility index (Phi) is 4.39. The fourth-order valence-corrected chi connectivity index (χ4v) is 7.33. The Morgan fingerprint density at radius 2 is 1.71 bits per heavy atom. The number of rotatable bonds is 4. The number of sulfonamides is 1. The molecular formula is C22H22N2O2S2. The van der Waals surface area contributed by atoms with Crippen molar-refractivity contribution in [1.82, 2.24) is 9.21 Å². The number of fused-ring (bicyclic) bond motifs is 2. The first-order valence-corrected chi connectivity index (χ1v) is 11.9. The molecule has 4 nitrogen and oxygen atoms in total. The van der Waals surface area contributed by atoms with Crippen LogP contribution in [0.25, 0.3) is 0 Å². The first-order chi connectivity index (χ1) is 13.6. The molecule has 1 saturated heterocycles. The van der Waals surface area contributed by atoms with Crippen molar-refractivity contribution in [3.8, 4) is 0 Å². The summed E-state index contributed by atoms with van der Waals surface area (Å²) in [4.78, 5) is 2.86. The molecule has 1 atom stereocenters. The van der Waals surface area contributed by atoms with E-state index in [1.807, 2.05) is 48.5 Å². The zero-order valence-corrected chi connectivity index (χ0v) is 17.1. The van der Waals surface area contributed by atoms with Crippen LogP contribution in [-0.2, 0) is 28.7 Å². The van der Waals surface area contributed by atoms with Gasteiger partial charge in [-0.15, -0.1) is 0 Å². The maximum absolute atomic E-state index is 13.5. The van der Waals surface area contributed by atoms with Crippen molar-refractivity contribution in [2.75, 3.05) is 13.1 Å². The number of hydrogen-bond acceptors (Lipinski definition) is 4. The topological polar surface area (TPSA) is 40.6 Å². The van der Waals surface area contributed by atoms with Crippen LogP contribution in [0.4, 0.5) is 0 Å². The third-order valence-corrected chi connectivity index (χ3v) is 8.62. The van der Waals surface area contributed by atoms with Crippen LogP contribution in [-0.4, -0.2) is 30.7 Å². The third kappa shape index (κ3) is 2.83. The molecule has 1 aromatic heterocycles. The van der Waals surface area contributed by atoms with Crippen LogP contribution in [0.1, 0.15) is 23.1 Å². The van der Waals surface area contributed by atoms with E-state index in [9.17, 15) is 8.42 Å². The number of nitrogens with zero attached hydrogens (tertiary/aromatic N) is 2. The lowest BCUT2D eigenvalue weighted by Crippen LogP contribution is -2.45. The number of benzene rings is 2. The van der Waals surface area contributed by atoms with Gasteiger partial charge in [-0.2, -0.15) is 15.6 Å². The van der Waals surface area contributed by atoms with Gasteiger partial charge in [0.2, 0.25) is 10.0 Å². The van der Waals surface area contributed by atoms with Gasteiger partial charge in [0, 0.05) is 26.2 Å². The van der Waals surface area contributed by atoms with Gasteiger partial charge in [0.05, 0.1) is 10.4 Å². The van der Waals surface area contributed by atoms with E-state index in [1.165, 1.54) is 5.56 Å². The molecule has 0 radical (unpaired) electrons. The summed E-state index contributed by atoms with van der Waals surface area (Å²) in [5, 5.41) is 4.27. The van der Waals surface area contributed by atoms with Gasteiger partial charge in [0.1, 0.15) is 0 Å². The highest BCUT2D eigenvalue weighted by Crippen LogP contribution is 2.50. The van der Waals surface area contributed by atoms with Crippen LogP contribution in [0, 0.1) is 0 Å². The minimum Gasteiger partial charge on any atom is -0.297 e. The van der Waals surface area contributed by atoms with Crippen LogP contribution in [0.3, 0.4) is 0 Å². The zero-order valence-electron chi connectivity index (χ0n) is 15.5. The van der Waals surface area contributed by atoms with Crippen LogP contribution in [0.5, 0.6) is 0 Å². The monoisotopic (exact) mass is 410 g/mol. The maximum atomic E-state index is 13.5. The summed E-state index contributed by atoms with van der Waals surface area (Å²) >= 11 is 1.70. The van der Waals surface area contributed by atoms with Crippen LogP contribution >= 0.6 is 11.3 Å². The van der Waals surface area contributed by atoms with E-state index in [4.69, 9.17) is 0 Å². The fraction of sp³-hybridized carbons (Fsp3) is 0.273. The van der Waals surface area contributed by atoms with Crippen molar-refractivity contribution in [2.24, 2.45) is 0 Å². The molecule has 0 N–H and O–H groups in total. The van der Waals surface area contributed by atoms with Gasteiger partial charge in [-0.3, -0.25) is 4.90 Å². The molecule has 0 bridgehead atoms. The maximum Gasteiger partial charge on any atom is 0.244 e. The Hall–Kier alpha value is -1.99. The summed E-state index contributed by atoms with van der Waals surface area (Å²) in [5.74, 6) is 0. The quantitative estimate of drug-likeness (QED) is 0.651. The predicted molar refractivity (Wildman–Crippen MR) is 112 cm³/mol. The minimum absolute atomic E-state index is 0.407.